The zero-order valence-electron chi connectivity index (χ0n) is 26.6. The quantitative estimate of drug-likeness (QED) is 0.141. The monoisotopic (exact) mass is 2300 g/mol. The minimum absolute atomic E-state index is 0.806. The Kier molecular flexibility index (Phi) is 21.7. The van der Waals surface area contributed by atoms with E-state index in [0.717, 1.165) is 66.4 Å². The summed E-state index contributed by atoms with van der Waals surface area (Å²) in [6, 6.07) is 26.0. The van der Waals surface area contributed by atoms with Gasteiger partial charge in [-0.05, 0) is 68.8 Å². The summed E-state index contributed by atoms with van der Waals surface area (Å²) in [6.07, 6.45) is -2.30. The Hall–Kier alpha value is 8.46. The lowest BCUT2D eigenvalue weighted by Crippen LogP contribution is -2.75. The van der Waals surface area contributed by atoms with E-state index < -0.39 is 23.3 Å². The molecule has 0 atom stereocenters. The molecule has 0 saturated heterocycles. The molecular weight excluding hydrogens is 2310 g/mol. The van der Waals surface area contributed by atoms with Crippen molar-refractivity contribution < 1.29 is 0 Å². The third-order valence-electron chi connectivity index (χ3n) is 8.44. The molecule has 0 aliphatic carbocycles. The van der Waals surface area contributed by atoms with Crippen LogP contribution in [0.2, 0.25) is 0 Å². The average Bonchev–Trinajstić information content (AvgIpc) is 3.01. The Morgan fingerprint density at radius 1 is 0.193 bits per heavy atom. The van der Waals surface area contributed by atoms with Crippen LogP contribution < -0.4 is 21.9 Å². The Morgan fingerprint density at radius 2 is 0.298 bits per heavy atom. The number of benzene rings is 4. The van der Waals surface area contributed by atoms with Crippen LogP contribution in [0.3, 0.4) is 0 Å². The molecule has 57 heavy (non-hydrogen) atoms. The first-order chi connectivity index (χ1) is 25.3. The van der Waals surface area contributed by atoms with Crippen molar-refractivity contribution in [3.63, 3.8) is 0 Å². The lowest BCUT2D eigenvalue weighted by Gasteiger charge is -2.47. The van der Waals surface area contributed by atoms with Crippen molar-refractivity contribution in [3.8, 4) is 0 Å². The number of hydrogen-bond donors (Lipinski definition) is 0. The van der Waals surface area contributed by atoms with Crippen LogP contribution in [0.5, 0.6) is 0 Å². The lowest BCUT2D eigenvalue weighted by molar-refractivity contribution is 1.28. The van der Waals surface area contributed by atoms with Gasteiger partial charge in [0.15, 0.2) is 17.1 Å². The van der Waals surface area contributed by atoms with Crippen LogP contribution >= 0.6 is 382 Å². The maximum Gasteiger partial charge on any atom is 0.159 e. The second kappa shape index (κ2) is 21.3. The largest absolute Gasteiger partial charge is 0.194 e. The molecule has 0 aliphatic heterocycles. The Balaban J connectivity index is 2.62. The van der Waals surface area contributed by atoms with E-state index in [1.807, 2.05) is 0 Å². The van der Waals surface area contributed by atoms with Gasteiger partial charge in [0.25, 0.3) is 0 Å². The standard InChI is InChI=1S/C32H12BBr24/c34-25(35,36)13-1-14(26(37,38)39)6-21(5-13)33(22-7-15(27(40,41)42)2-16(8-22)28(43,44)45,23-9-17(29(46,47)48)3-18(10-23)30(49,50)51)24-11-19(31(52,53)54)4-20(12-24)32(55,56)57/h1-12H/q-1. The van der Waals surface area contributed by atoms with Gasteiger partial charge in [-0.3, -0.25) is 0 Å². The fourth-order valence-electron chi connectivity index (χ4n) is 6.07. The lowest BCUT2D eigenvalue weighted by atomic mass is 9.12. The molecule has 0 aliphatic rings. The molecular formula is C32H12BBr24-. The van der Waals surface area contributed by atoms with Gasteiger partial charge < -0.3 is 0 Å². The number of alkyl halides is 24. The van der Waals surface area contributed by atoms with Gasteiger partial charge in [-0.25, -0.2) is 0 Å². The first-order valence-electron chi connectivity index (χ1n) is 14.6. The zero-order chi connectivity index (χ0) is 43.9. The fourth-order valence-corrected chi connectivity index (χ4v) is 11.6. The highest BCUT2D eigenvalue weighted by atomic mass is 80.0. The summed E-state index contributed by atoms with van der Waals surface area (Å²) < 4.78 is -6.45. The molecule has 4 rings (SSSR count). The molecule has 0 spiro atoms. The predicted octanol–water partition coefficient (Wildman–Crippen LogP) is 21.4. The van der Waals surface area contributed by atoms with Gasteiger partial charge in [-0.15, -0.1) is 0 Å². The van der Waals surface area contributed by atoms with Crippen molar-refractivity contribution in [1.82, 2.24) is 0 Å². The van der Waals surface area contributed by atoms with Crippen LogP contribution in [0.25, 0.3) is 0 Å². The molecule has 0 nitrogen and oxygen atoms in total. The molecule has 312 valence electrons. The van der Waals surface area contributed by atoms with Gasteiger partial charge >= 0.3 is 0 Å². The topological polar surface area (TPSA) is 0 Å². The van der Waals surface area contributed by atoms with Crippen molar-refractivity contribution in [3.05, 3.63) is 117 Å². The first kappa shape index (κ1) is 58.0. The molecule has 25 heteroatoms. The third kappa shape index (κ3) is 15.2. The van der Waals surface area contributed by atoms with Crippen LogP contribution in [0.15, 0.2) is 72.8 Å². The Bertz CT molecular complexity index is 1700. The van der Waals surface area contributed by atoms with Crippen LogP contribution in [0.4, 0.5) is 0 Å². The number of halogens is 24. The zero-order valence-corrected chi connectivity index (χ0v) is 64.6. The average molecular weight is 2320 g/mol. The normalized spacial score (nSPS) is 14.3. The highest BCUT2D eigenvalue weighted by Crippen LogP contribution is 2.53. The van der Waals surface area contributed by atoms with Crippen molar-refractivity contribution in [2.24, 2.45) is 0 Å². The summed E-state index contributed by atoms with van der Waals surface area (Å²) in [6.45, 7) is 0. The van der Waals surface area contributed by atoms with E-state index in [1.54, 1.807) is 0 Å². The van der Waals surface area contributed by atoms with Crippen LogP contribution in [0, 0.1) is 0 Å². The second-order valence-corrected chi connectivity index (χ2v) is 66.3. The Labute approximate surface area is 533 Å². The summed E-state index contributed by atoms with van der Waals surface area (Å²) in [5.74, 6) is 0. The number of rotatable bonds is 4. The van der Waals surface area contributed by atoms with Crippen molar-refractivity contribution >= 4 is 410 Å². The minimum atomic E-state index is -2.30. The first-order valence-corrected chi connectivity index (χ1v) is 33.7. The molecule has 0 N–H and O–H groups in total. The molecule has 4 aromatic carbocycles. The Morgan fingerprint density at radius 3 is 0.386 bits per heavy atom. The molecule has 0 heterocycles. The maximum absolute atomic E-state index is 3.87. The van der Waals surface area contributed by atoms with Gasteiger partial charge in [0.1, 0.15) is 6.15 Å². The molecule has 0 bridgehead atoms. The van der Waals surface area contributed by atoms with E-state index in [1.165, 1.54) is 0 Å². The molecule has 0 aromatic heterocycles. The summed E-state index contributed by atoms with van der Waals surface area (Å²) in [7, 11) is 0. The van der Waals surface area contributed by atoms with Gasteiger partial charge in [-0.2, -0.15) is 21.9 Å². The molecule has 0 amide bonds. The van der Waals surface area contributed by atoms with Gasteiger partial charge in [-0.1, -0.05) is 431 Å². The van der Waals surface area contributed by atoms with Crippen molar-refractivity contribution in [2.45, 2.75) is 17.1 Å². The van der Waals surface area contributed by atoms with E-state index in [9.17, 15) is 0 Å². The fraction of sp³-hybridized carbons (Fsp3) is 0.250. The maximum atomic E-state index is 3.87. The van der Waals surface area contributed by atoms with Crippen LogP contribution in [-0.2, 0) is 17.1 Å². The van der Waals surface area contributed by atoms with E-state index in [0.29, 0.717) is 0 Å². The minimum Gasteiger partial charge on any atom is -0.194 e. The van der Waals surface area contributed by atoms with Crippen molar-refractivity contribution in [2.75, 3.05) is 0 Å². The number of hydrogen-bond acceptors (Lipinski definition) is 0. The molecule has 0 fully saturated rings. The molecule has 4 aromatic rings. The summed E-state index contributed by atoms with van der Waals surface area (Å²) >= 11 is 92.8. The van der Waals surface area contributed by atoms with Gasteiger partial charge in [0, 0.05) is 0 Å². The molecule has 0 saturated carbocycles. The SMILES string of the molecule is BrC(Br)(Br)c1cc([B-](c2cc(C(Br)(Br)Br)cc(C(Br)(Br)Br)c2)(c2cc(C(Br)(Br)Br)cc(C(Br)(Br)Br)c2)c2cc(C(Br)(Br)Br)cc(C(Br)(Br)Br)c2)cc(C(Br)(Br)Br)c1. The third-order valence-corrected chi connectivity index (χ3v) is 19.4. The van der Waals surface area contributed by atoms with Crippen LogP contribution in [-0.4, -0.2) is 6.15 Å². The van der Waals surface area contributed by atoms with E-state index in [2.05, 4.69) is 455 Å². The highest BCUT2D eigenvalue weighted by Gasteiger charge is 2.41. The van der Waals surface area contributed by atoms with Gasteiger partial charge in [0.05, 0.1) is 0 Å². The smallest absolute Gasteiger partial charge is 0.159 e. The molecule has 0 radical (unpaired) electrons. The van der Waals surface area contributed by atoms with Gasteiger partial charge in [0.2, 0.25) is 0 Å². The summed E-state index contributed by atoms with van der Waals surface area (Å²) in [5, 5.41) is 0. The summed E-state index contributed by atoms with van der Waals surface area (Å²) in [4.78, 5) is 0. The summed E-state index contributed by atoms with van der Waals surface area (Å²) in [5.41, 5.74) is 10.9. The second-order valence-electron chi connectivity index (χ2n) is 12.2. The molecule has 0 unspecified atom stereocenters. The van der Waals surface area contributed by atoms with E-state index >= 15 is 0 Å². The predicted molar refractivity (Wildman–Crippen MR) is 338 cm³/mol. The van der Waals surface area contributed by atoms with E-state index in [4.69, 9.17) is 0 Å². The van der Waals surface area contributed by atoms with Crippen LogP contribution in [0.1, 0.15) is 44.5 Å². The van der Waals surface area contributed by atoms with E-state index in [-0.39, 0.29) is 0 Å². The highest BCUT2D eigenvalue weighted by molar-refractivity contribution is 9.41. The van der Waals surface area contributed by atoms with Crippen molar-refractivity contribution in [1.29, 1.82) is 0 Å².